The number of hydrogen-bond donors (Lipinski definition) is 0. The molecule has 2 fully saturated rings. The Labute approximate surface area is 130 Å². The molecule has 1 atom stereocenters. The fourth-order valence-electron chi connectivity index (χ4n) is 2.43. The van der Waals surface area contributed by atoms with E-state index in [0.29, 0.717) is 6.61 Å². The predicted molar refractivity (Wildman–Crippen MR) is 75.8 cm³/mol. The van der Waals surface area contributed by atoms with Crippen molar-refractivity contribution in [3.63, 3.8) is 0 Å². The molecule has 22 heavy (non-hydrogen) atoms. The lowest BCUT2D eigenvalue weighted by molar-refractivity contribution is -0.169. The Morgan fingerprint density at radius 2 is 2.09 bits per heavy atom. The molecule has 2 rings (SSSR count). The summed E-state index contributed by atoms with van der Waals surface area (Å²) in [6.07, 6.45) is 1.29. The van der Waals surface area contributed by atoms with E-state index in [4.69, 9.17) is 14.2 Å². The third-order valence-corrected chi connectivity index (χ3v) is 3.48. The highest BCUT2D eigenvalue weighted by Crippen LogP contribution is 2.28. The van der Waals surface area contributed by atoms with E-state index in [9.17, 15) is 14.9 Å². The SMILES string of the molecule is CC(C)(C)OC(=O)N1CC(C#N)(OC(=O)C[C@@H]2CCCO2)C1. The van der Waals surface area contributed by atoms with Crippen LogP contribution in [0.5, 0.6) is 0 Å². The Kier molecular flexibility index (Phi) is 4.61. The van der Waals surface area contributed by atoms with Crippen LogP contribution in [0.1, 0.15) is 40.0 Å². The molecule has 0 saturated carbocycles. The topological polar surface area (TPSA) is 88.9 Å². The standard InChI is InChI=1S/C15H22N2O5/c1-14(2,3)22-13(19)17-9-15(8-16,10-17)21-12(18)7-11-5-4-6-20-11/h11H,4-7,9-10H2,1-3H3/t11-/m0/s1. The first-order valence-corrected chi connectivity index (χ1v) is 7.46. The molecule has 2 aliphatic heterocycles. The van der Waals surface area contributed by atoms with Gasteiger partial charge in [0.05, 0.1) is 25.6 Å². The van der Waals surface area contributed by atoms with Gasteiger partial charge in [-0.1, -0.05) is 0 Å². The quantitative estimate of drug-likeness (QED) is 0.736. The molecule has 0 bridgehead atoms. The molecule has 0 aliphatic carbocycles. The summed E-state index contributed by atoms with van der Waals surface area (Å²) >= 11 is 0. The second-order valence-electron chi connectivity index (χ2n) is 6.76. The molecule has 7 nitrogen and oxygen atoms in total. The smallest absolute Gasteiger partial charge is 0.410 e. The highest BCUT2D eigenvalue weighted by atomic mass is 16.6. The highest BCUT2D eigenvalue weighted by molar-refractivity contribution is 5.73. The zero-order chi connectivity index (χ0) is 16.4. The lowest BCUT2D eigenvalue weighted by Crippen LogP contribution is -2.65. The molecule has 0 aromatic rings. The highest BCUT2D eigenvalue weighted by Gasteiger charge is 2.50. The first kappa shape index (κ1) is 16.6. The fourth-order valence-corrected chi connectivity index (χ4v) is 2.43. The van der Waals surface area contributed by atoms with E-state index in [0.717, 1.165) is 12.8 Å². The van der Waals surface area contributed by atoms with Crippen molar-refractivity contribution in [2.75, 3.05) is 19.7 Å². The summed E-state index contributed by atoms with van der Waals surface area (Å²) in [6, 6.07) is 1.99. The van der Waals surface area contributed by atoms with Crippen molar-refractivity contribution < 1.29 is 23.8 Å². The van der Waals surface area contributed by atoms with Crippen LogP contribution < -0.4 is 0 Å². The molecule has 0 aromatic heterocycles. The zero-order valence-corrected chi connectivity index (χ0v) is 13.3. The molecule has 2 aliphatic rings. The fraction of sp³-hybridized carbons (Fsp3) is 0.800. The average Bonchev–Trinajstić information content (AvgIpc) is 2.83. The number of hydrogen-bond acceptors (Lipinski definition) is 6. The molecular formula is C15H22N2O5. The predicted octanol–water partition coefficient (Wildman–Crippen LogP) is 1.61. The molecule has 2 saturated heterocycles. The van der Waals surface area contributed by atoms with Gasteiger partial charge in [-0.3, -0.25) is 9.69 Å². The van der Waals surface area contributed by atoms with Gasteiger partial charge in [-0.25, -0.2) is 4.79 Å². The molecule has 2 heterocycles. The van der Waals surface area contributed by atoms with Crippen LogP contribution in [0.4, 0.5) is 4.79 Å². The van der Waals surface area contributed by atoms with Crippen molar-refractivity contribution in [1.82, 2.24) is 4.90 Å². The van der Waals surface area contributed by atoms with Crippen LogP contribution in [0, 0.1) is 11.3 Å². The van der Waals surface area contributed by atoms with E-state index in [1.54, 1.807) is 20.8 Å². The molecule has 0 N–H and O–H groups in total. The maximum absolute atomic E-state index is 11.9. The number of nitrogens with zero attached hydrogens (tertiary/aromatic N) is 2. The molecule has 1 amide bonds. The average molecular weight is 310 g/mol. The van der Waals surface area contributed by atoms with Crippen LogP contribution in [0.2, 0.25) is 0 Å². The van der Waals surface area contributed by atoms with E-state index in [1.807, 2.05) is 6.07 Å². The minimum atomic E-state index is -1.26. The molecule has 0 aromatic carbocycles. The third kappa shape index (κ3) is 4.10. The van der Waals surface area contributed by atoms with E-state index < -0.39 is 23.3 Å². The first-order chi connectivity index (χ1) is 10.2. The van der Waals surface area contributed by atoms with Crippen molar-refractivity contribution >= 4 is 12.1 Å². The minimum Gasteiger partial charge on any atom is -0.444 e. The Hall–Kier alpha value is -1.81. The lowest BCUT2D eigenvalue weighted by Gasteiger charge is -2.44. The number of rotatable bonds is 3. The monoisotopic (exact) mass is 310 g/mol. The molecule has 7 heteroatoms. The van der Waals surface area contributed by atoms with Crippen LogP contribution in [0.15, 0.2) is 0 Å². The van der Waals surface area contributed by atoms with Crippen molar-refractivity contribution in [2.45, 2.75) is 57.3 Å². The summed E-state index contributed by atoms with van der Waals surface area (Å²) in [7, 11) is 0. The van der Waals surface area contributed by atoms with Gasteiger partial charge >= 0.3 is 12.1 Å². The van der Waals surface area contributed by atoms with E-state index in [2.05, 4.69) is 0 Å². The van der Waals surface area contributed by atoms with Gasteiger partial charge in [-0.2, -0.15) is 5.26 Å². The largest absolute Gasteiger partial charge is 0.444 e. The normalized spacial score (nSPS) is 23.4. The number of likely N-dealkylation sites (tertiary alicyclic amines) is 1. The van der Waals surface area contributed by atoms with Crippen molar-refractivity contribution in [1.29, 1.82) is 5.26 Å². The van der Waals surface area contributed by atoms with Crippen LogP contribution in [-0.2, 0) is 19.0 Å². The van der Waals surface area contributed by atoms with Crippen molar-refractivity contribution in [2.24, 2.45) is 0 Å². The van der Waals surface area contributed by atoms with Crippen LogP contribution >= 0.6 is 0 Å². The second kappa shape index (κ2) is 6.13. The molecule has 122 valence electrons. The van der Waals surface area contributed by atoms with Crippen LogP contribution in [0.3, 0.4) is 0 Å². The number of amides is 1. The van der Waals surface area contributed by atoms with E-state index >= 15 is 0 Å². The molecule has 0 spiro atoms. The summed E-state index contributed by atoms with van der Waals surface area (Å²) in [5, 5.41) is 9.24. The van der Waals surface area contributed by atoms with Gasteiger partial charge in [0.15, 0.2) is 0 Å². The second-order valence-corrected chi connectivity index (χ2v) is 6.76. The Bertz CT molecular complexity index is 479. The maximum Gasteiger partial charge on any atom is 0.410 e. The number of nitriles is 1. The minimum absolute atomic E-state index is 0.0374. The summed E-state index contributed by atoms with van der Waals surface area (Å²) in [4.78, 5) is 25.1. The first-order valence-electron chi connectivity index (χ1n) is 7.46. The van der Waals surface area contributed by atoms with E-state index in [1.165, 1.54) is 4.90 Å². The van der Waals surface area contributed by atoms with Crippen molar-refractivity contribution in [3.8, 4) is 6.07 Å². The van der Waals surface area contributed by atoms with Gasteiger partial charge in [0.25, 0.3) is 0 Å². The Morgan fingerprint density at radius 1 is 1.41 bits per heavy atom. The Balaban J connectivity index is 1.82. The maximum atomic E-state index is 11.9. The number of carbonyl (C=O) groups excluding carboxylic acids is 2. The number of carbonyl (C=O) groups is 2. The Morgan fingerprint density at radius 3 is 2.59 bits per heavy atom. The van der Waals surface area contributed by atoms with Gasteiger partial charge in [0, 0.05) is 6.61 Å². The van der Waals surface area contributed by atoms with Crippen LogP contribution in [-0.4, -0.2) is 54.0 Å². The van der Waals surface area contributed by atoms with Gasteiger partial charge in [0.2, 0.25) is 5.60 Å². The third-order valence-electron chi connectivity index (χ3n) is 3.48. The lowest BCUT2D eigenvalue weighted by atomic mass is 9.96. The van der Waals surface area contributed by atoms with Gasteiger partial charge < -0.3 is 14.2 Å². The summed E-state index contributed by atoms with van der Waals surface area (Å²) in [5.41, 5.74) is -1.86. The van der Waals surface area contributed by atoms with Crippen LogP contribution in [0.25, 0.3) is 0 Å². The molecular weight excluding hydrogens is 288 g/mol. The summed E-state index contributed by atoms with van der Waals surface area (Å²) in [6.45, 7) is 6.04. The van der Waals surface area contributed by atoms with Crippen molar-refractivity contribution in [3.05, 3.63) is 0 Å². The summed E-state index contributed by atoms with van der Waals surface area (Å²) in [5.74, 6) is -0.461. The number of ether oxygens (including phenoxy) is 3. The number of esters is 1. The van der Waals surface area contributed by atoms with Gasteiger partial charge in [-0.05, 0) is 33.6 Å². The van der Waals surface area contributed by atoms with Gasteiger partial charge in [-0.15, -0.1) is 0 Å². The zero-order valence-electron chi connectivity index (χ0n) is 13.3. The molecule has 0 unspecified atom stereocenters. The van der Waals surface area contributed by atoms with E-state index in [-0.39, 0.29) is 25.6 Å². The van der Waals surface area contributed by atoms with Gasteiger partial charge in [0.1, 0.15) is 11.7 Å². The summed E-state index contributed by atoms with van der Waals surface area (Å²) < 4.78 is 15.8. The molecule has 0 radical (unpaired) electrons.